The maximum atomic E-state index is 5.44. The molecule has 0 aliphatic rings. The summed E-state index contributed by atoms with van der Waals surface area (Å²) in [5.41, 5.74) is 5.99. The summed E-state index contributed by atoms with van der Waals surface area (Å²) in [7, 11) is 0. The Hall–Kier alpha value is -0.880. The molecule has 0 aliphatic heterocycles. The molecule has 1 heterocycles. The molecule has 0 fully saturated rings. The van der Waals surface area contributed by atoms with E-state index in [1.165, 1.54) is 0 Å². The molecule has 0 radical (unpaired) electrons. The monoisotopic (exact) mass is 256 g/mol. The van der Waals surface area contributed by atoms with Crippen LogP contribution in [0.3, 0.4) is 0 Å². The van der Waals surface area contributed by atoms with Crippen LogP contribution in [0.4, 0.5) is 5.82 Å². The molecule has 0 saturated heterocycles. The van der Waals surface area contributed by atoms with Crippen molar-refractivity contribution in [3.05, 3.63) is 18.1 Å². The van der Waals surface area contributed by atoms with E-state index in [0.717, 1.165) is 17.3 Å². The zero-order chi connectivity index (χ0) is 12.0. The van der Waals surface area contributed by atoms with Gasteiger partial charge in [0, 0.05) is 11.8 Å². The molecular formula is C10H16N4S2. The van der Waals surface area contributed by atoms with E-state index in [0.29, 0.717) is 11.7 Å². The van der Waals surface area contributed by atoms with E-state index < -0.39 is 0 Å². The molecule has 0 amide bonds. The second-order valence-corrected chi connectivity index (χ2v) is 5.11. The molecule has 1 aromatic heterocycles. The summed E-state index contributed by atoms with van der Waals surface area (Å²) < 4.78 is 0. The summed E-state index contributed by atoms with van der Waals surface area (Å²) in [6.45, 7) is 4.26. The highest BCUT2D eigenvalue weighted by Gasteiger charge is 2.04. The number of nitrogens with one attached hydrogen (secondary N) is 1. The van der Waals surface area contributed by atoms with Crippen molar-refractivity contribution in [3.63, 3.8) is 0 Å². The van der Waals surface area contributed by atoms with Crippen molar-refractivity contribution in [2.24, 2.45) is 5.73 Å². The highest BCUT2D eigenvalue weighted by Crippen LogP contribution is 2.07. The van der Waals surface area contributed by atoms with E-state index in [4.69, 9.17) is 18.0 Å². The van der Waals surface area contributed by atoms with Gasteiger partial charge in [-0.15, -0.1) is 0 Å². The average molecular weight is 256 g/mol. The summed E-state index contributed by atoms with van der Waals surface area (Å²) >= 11 is 6.69. The molecule has 0 bridgehead atoms. The Balaban J connectivity index is 2.51. The molecule has 1 aromatic rings. The maximum Gasteiger partial charge on any atom is 0.144 e. The van der Waals surface area contributed by atoms with Gasteiger partial charge in [0.25, 0.3) is 0 Å². The van der Waals surface area contributed by atoms with Gasteiger partial charge in [0.2, 0.25) is 0 Å². The van der Waals surface area contributed by atoms with Crippen LogP contribution in [0, 0.1) is 0 Å². The number of anilines is 1. The van der Waals surface area contributed by atoms with Gasteiger partial charge in [-0.05, 0) is 12.7 Å². The lowest BCUT2D eigenvalue weighted by Gasteiger charge is -2.13. The first-order chi connectivity index (χ1) is 7.63. The lowest BCUT2D eigenvalue weighted by molar-refractivity contribution is 0.897. The van der Waals surface area contributed by atoms with E-state index in [2.05, 4.69) is 29.1 Å². The molecule has 4 nitrogen and oxygen atoms in total. The number of nitrogens with zero attached hydrogens (tertiary/aromatic N) is 2. The minimum absolute atomic E-state index is 0.272. The van der Waals surface area contributed by atoms with Crippen LogP contribution in [0.2, 0.25) is 0 Å². The molecule has 88 valence electrons. The van der Waals surface area contributed by atoms with Crippen molar-refractivity contribution < 1.29 is 0 Å². The Bertz CT molecular complexity index is 339. The zero-order valence-electron chi connectivity index (χ0n) is 9.43. The second kappa shape index (κ2) is 6.65. The molecule has 1 unspecified atom stereocenters. The van der Waals surface area contributed by atoms with Gasteiger partial charge in [-0.2, -0.15) is 11.8 Å². The summed E-state index contributed by atoms with van der Waals surface area (Å²) in [6.07, 6.45) is 3.24. The fraction of sp³-hybridized carbons (Fsp3) is 0.500. The first kappa shape index (κ1) is 13.2. The number of hydrogen-bond acceptors (Lipinski definition) is 5. The largest absolute Gasteiger partial charge is 0.388 e. The van der Waals surface area contributed by atoms with Crippen LogP contribution in [0.25, 0.3) is 0 Å². The minimum Gasteiger partial charge on any atom is -0.388 e. The Morgan fingerprint density at radius 2 is 2.31 bits per heavy atom. The van der Waals surface area contributed by atoms with Crippen LogP contribution in [0.15, 0.2) is 12.4 Å². The summed E-state index contributed by atoms with van der Waals surface area (Å²) in [6, 6.07) is 0.370. The minimum atomic E-state index is 0.272. The van der Waals surface area contributed by atoms with Crippen LogP contribution in [-0.2, 0) is 0 Å². The normalized spacial score (nSPS) is 12.1. The van der Waals surface area contributed by atoms with Crippen molar-refractivity contribution in [2.45, 2.75) is 19.9 Å². The zero-order valence-corrected chi connectivity index (χ0v) is 11.1. The lowest BCUT2D eigenvalue weighted by Crippen LogP contribution is -2.19. The van der Waals surface area contributed by atoms with E-state index in [1.807, 2.05) is 11.8 Å². The number of rotatable bonds is 6. The summed E-state index contributed by atoms with van der Waals surface area (Å²) in [5.74, 6) is 2.93. The molecule has 1 rings (SSSR count). The van der Waals surface area contributed by atoms with Gasteiger partial charge in [-0.3, -0.25) is 0 Å². The van der Waals surface area contributed by atoms with Crippen LogP contribution in [0.5, 0.6) is 0 Å². The van der Waals surface area contributed by atoms with E-state index in [-0.39, 0.29) is 4.99 Å². The van der Waals surface area contributed by atoms with Crippen LogP contribution in [0.1, 0.15) is 19.5 Å². The van der Waals surface area contributed by atoms with Gasteiger partial charge in [0.05, 0.1) is 12.4 Å². The van der Waals surface area contributed by atoms with Gasteiger partial charge in [-0.1, -0.05) is 19.1 Å². The van der Waals surface area contributed by atoms with Gasteiger partial charge < -0.3 is 11.1 Å². The third-order valence-corrected chi connectivity index (χ3v) is 3.22. The van der Waals surface area contributed by atoms with Gasteiger partial charge in [0.15, 0.2) is 0 Å². The number of nitrogens with two attached hydrogens (primary N) is 1. The lowest BCUT2D eigenvalue weighted by atomic mass is 10.4. The second-order valence-electron chi connectivity index (χ2n) is 3.36. The predicted octanol–water partition coefficient (Wildman–Crippen LogP) is 1.66. The fourth-order valence-electron chi connectivity index (χ4n) is 1.12. The molecular weight excluding hydrogens is 240 g/mol. The van der Waals surface area contributed by atoms with E-state index in [1.54, 1.807) is 12.4 Å². The third-order valence-electron chi connectivity index (χ3n) is 1.87. The number of thioether (sulfide) groups is 1. The van der Waals surface area contributed by atoms with Gasteiger partial charge in [0.1, 0.15) is 16.5 Å². The third kappa shape index (κ3) is 4.32. The summed E-state index contributed by atoms with van der Waals surface area (Å²) in [5, 5.41) is 3.26. The van der Waals surface area contributed by atoms with Crippen molar-refractivity contribution in [3.8, 4) is 0 Å². The van der Waals surface area contributed by atoms with E-state index >= 15 is 0 Å². The Kier molecular flexibility index (Phi) is 5.48. The molecule has 0 aromatic carbocycles. The van der Waals surface area contributed by atoms with Crippen molar-refractivity contribution >= 4 is 34.8 Å². The molecule has 16 heavy (non-hydrogen) atoms. The molecule has 0 saturated carbocycles. The number of aromatic nitrogens is 2. The smallest absolute Gasteiger partial charge is 0.144 e. The quantitative estimate of drug-likeness (QED) is 0.755. The highest BCUT2D eigenvalue weighted by atomic mass is 32.2. The standard InChI is InChI=1S/C10H16N4S2/c1-3-16-6-7(2)14-9-5-12-8(4-13-9)10(11)15/h4-5,7H,3,6H2,1-2H3,(H2,11,15)(H,13,14). The number of thiocarbonyl (C=S) groups is 1. The maximum absolute atomic E-state index is 5.44. The van der Waals surface area contributed by atoms with Crippen molar-refractivity contribution in [1.29, 1.82) is 0 Å². The fourth-order valence-corrected chi connectivity index (χ4v) is 1.90. The highest BCUT2D eigenvalue weighted by molar-refractivity contribution is 7.99. The van der Waals surface area contributed by atoms with Crippen molar-refractivity contribution in [2.75, 3.05) is 16.8 Å². The molecule has 3 N–H and O–H groups in total. The van der Waals surface area contributed by atoms with Gasteiger partial charge >= 0.3 is 0 Å². The Morgan fingerprint density at radius 3 is 2.81 bits per heavy atom. The number of hydrogen-bond donors (Lipinski definition) is 2. The van der Waals surface area contributed by atoms with Gasteiger partial charge in [-0.25, -0.2) is 9.97 Å². The SMILES string of the molecule is CCSCC(C)Nc1cnc(C(N)=S)cn1. The Morgan fingerprint density at radius 1 is 1.56 bits per heavy atom. The van der Waals surface area contributed by atoms with E-state index in [9.17, 15) is 0 Å². The van der Waals surface area contributed by atoms with Crippen LogP contribution >= 0.6 is 24.0 Å². The molecule has 6 heteroatoms. The Labute approximate surface area is 105 Å². The molecule has 1 atom stereocenters. The molecule has 0 spiro atoms. The van der Waals surface area contributed by atoms with Crippen molar-refractivity contribution in [1.82, 2.24) is 9.97 Å². The molecule has 0 aliphatic carbocycles. The van der Waals surface area contributed by atoms with Crippen LogP contribution in [-0.4, -0.2) is 32.5 Å². The topological polar surface area (TPSA) is 63.8 Å². The average Bonchev–Trinajstić information content (AvgIpc) is 2.27. The first-order valence-electron chi connectivity index (χ1n) is 5.09. The first-order valence-corrected chi connectivity index (χ1v) is 6.66. The summed E-state index contributed by atoms with van der Waals surface area (Å²) in [4.78, 5) is 8.58. The predicted molar refractivity (Wildman–Crippen MR) is 74.0 cm³/mol. The van der Waals surface area contributed by atoms with Crippen LogP contribution < -0.4 is 11.1 Å².